The van der Waals surface area contributed by atoms with Crippen molar-refractivity contribution >= 4 is 58.8 Å². The number of fused-ring (bicyclic) bond motifs is 2. The standard InChI is InChI=1S/C27H26ClF2N5O.C12H13NO2.CH4S/c1-27(2,36)10-9-18-5-6-19(20-7-8-21(28)23-25(20)35(4)34-26(23)31)24(33-18)22(32-3)13-15-11-16(29)14-17(30)12-15;1-7-3-4-8(2)11-10(7)9(5-6-14)12(15)13-11;1-2/h5-8,11-12,14,22,32,36H,13H2,1-4H3,(H2,31,34);3-4,6,9H,5H2,1-2H3,(H,13,15);2H,1H3. The van der Waals surface area contributed by atoms with Gasteiger partial charge in [-0.1, -0.05) is 35.7 Å². The van der Waals surface area contributed by atoms with Crippen molar-refractivity contribution in [2.75, 3.05) is 24.4 Å². The molecule has 0 saturated heterocycles. The van der Waals surface area contributed by atoms with Gasteiger partial charge in [0.15, 0.2) is 5.82 Å². The molecule has 0 spiro atoms. The Morgan fingerprint density at radius 1 is 1.09 bits per heavy atom. The Hall–Kier alpha value is -4.80. The van der Waals surface area contributed by atoms with Gasteiger partial charge in [-0.25, -0.2) is 13.8 Å². The smallest absolute Gasteiger partial charge is 0.232 e. The maximum absolute atomic E-state index is 13.9. The van der Waals surface area contributed by atoms with Crippen LogP contribution in [0.2, 0.25) is 5.02 Å². The van der Waals surface area contributed by atoms with Gasteiger partial charge in [0.05, 0.1) is 33.6 Å². The first kappa shape index (κ1) is 41.0. The molecule has 9 nitrogen and oxygen atoms in total. The number of halogens is 3. The van der Waals surface area contributed by atoms with Gasteiger partial charge in [-0.05, 0) is 106 Å². The summed E-state index contributed by atoms with van der Waals surface area (Å²) in [5, 5.41) is 21.5. The molecule has 2 unspecified atom stereocenters. The van der Waals surface area contributed by atoms with Gasteiger partial charge in [0.2, 0.25) is 5.91 Å². The second-order valence-corrected chi connectivity index (χ2v) is 13.4. The topological polar surface area (TPSA) is 135 Å². The number of amides is 1. The minimum Gasteiger partial charge on any atom is -0.382 e. The number of anilines is 2. The molecule has 0 aliphatic carbocycles. The van der Waals surface area contributed by atoms with E-state index in [1.54, 1.807) is 51.0 Å². The van der Waals surface area contributed by atoms with E-state index >= 15 is 0 Å². The lowest BCUT2D eigenvalue weighted by atomic mass is 9.92. The van der Waals surface area contributed by atoms with Crippen molar-refractivity contribution in [1.29, 1.82) is 0 Å². The highest BCUT2D eigenvalue weighted by Gasteiger charge is 2.32. The van der Waals surface area contributed by atoms with Gasteiger partial charge < -0.3 is 26.3 Å². The highest BCUT2D eigenvalue weighted by Crippen LogP contribution is 2.40. The van der Waals surface area contributed by atoms with E-state index in [4.69, 9.17) is 22.3 Å². The number of aromatic nitrogens is 3. The van der Waals surface area contributed by atoms with Gasteiger partial charge in [0.1, 0.15) is 29.2 Å². The highest BCUT2D eigenvalue weighted by atomic mass is 35.5. The first-order chi connectivity index (χ1) is 25.1. The zero-order valence-corrected chi connectivity index (χ0v) is 32.3. The number of aliphatic hydroxyl groups is 1. The van der Waals surface area contributed by atoms with Gasteiger partial charge in [-0.15, -0.1) is 0 Å². The molecule has 0 saturated carbocycles. The number of aryl methyl sites for hydroxylation is 3. The summed E-state index contributed by atoms with van der Waals surface area (Å²) in [6.07, 6.45) is 3.03. The number of nitrogens with two attached hydrogens (primary N) is 1. The first-order valence-corrected chi connectivity index (χ1v) is 18.0. The summed E-state index contributed by atoms with van der Waals surface area (Å²) in [5.74, 6) is 4.33. The first-order valence-electron chi connectivity index (χ1n) is 16.7. The SMILES string of the molecule is CNC(Cc1cc(F)cc(F)c1)c1nc(C#CC(C)(C)O)ccc1-c1ccc(Cl)c2c(N)nn(C)c12.CS.Cc1ccc(C)c2c1NC(=O)C2CC=O. The van der Waals surface area contributed by atoms with E-state index in [1.807, 2.05) is 38.1 Å². The van der Waals surface area contributed by atoms with Gasteiger partial charge >= 0.3 is 0 Å². The van der Waals surface area contributed by atoms with E-state index in [0.29, 0.717) is 33.2 Å². The molecule has 1 aliphatic heterocycles. The molecule has 0 radical (unpaired) electrons. The van der Waals surface area contributed by atoms with Crippen LogP contribution in [0, 0.1) is 37.3 Å². The quantitative estimate of drug-likeness (QED) is 0.0671. The molecule has 2 atom stereocenters. The normalized spacial score (nSPS) is 13.8. The summed E-state index contributed by atoms with van der Waals surface area (Å²) in [4.78, 5) is 27.0. The summed E-state index contributed by atoms with van der Waals surface area (Å²) in [5.41, 5.74) is 12.7. The van der Waals surface area contributed by atoms with Crippen molar-refractivity contribution in [1.82, 2.24) is 20.1 Å². The van der Waals surface area contributed by atoms with E-state index in [9.17, 15) is 23.5 Å². The molecule has 13 heteroatoms. The number of nitrogens with zero attached hydrogens (tertiary/aromatic N) is 3. The average Bonchev–Trinajstić information content (AvgIpc) is 3.61. The van der Waals surface area contributed by atoms with Gasteiger partial charge in [0, 0.05) is 36.3 Å². The Morgan fingerprint density at radius 3 is 2.36 bits per heavy atom. The van der Waals surface area contributed by atoms with Crippen molar-refractivity contribution in [2.24, 2.45) is 7.05 Å². The number of likely N-dealkylation sites (N-methyl/N-ethyl adjacent to an activating group) is 1. The largest absolute Gasteiger partial charge is 0.382 e. The fourth-order valence-electron chi connectivity index (χ4n) is 6.29. The third kappa shape index (κ3) is 9.42. The lowest BCUT2D eigenvalue weighted by Crippen LogP contribution is -2.22. The molecule has 0 fully saturated rings. The number of carbonyl (C=O) groups excluding carboxylic acids is 2. The lowest BCUT2D eigenvalue weighted by molar-refractivity contribution is -0.119. The molecule has 5 N–H and O–H groups in total. The van der Waals surface area contributed by atoms with Crippen LogP contribution >= 0.6 is 24.2 Å². The van der Waals surface area contributed by atoms with Gasteiger partial charge in [0.25, 0.3) is 0 Å². The zero-order chi connectivity index (χ0) is 39.2. The Labute approximate surface area is 318 Å². The van der Waals surface area contributed by atoms with Crippen LogP contribution in [0.1, 0.15) is 65.9 Å². The van der Waals surface area contributed by atoms with E-state index in [2.05, 4.69) is 40.2 Å². The molecule has 3 heterocycles. The van der Waals surface area contributed by atoms with Crippen molar-refractivity contribution < 1.29 is 23.5 Å². The predicted octanol–water partition coefficient (Wildman–Crippen LogP) is 7.25. The van der Waals surface area contributed by atoms with E-state index in [-0.39, 0.29) is 24.7 Å². The highest BCUT2D eigenvalue weighted by molar-refractivity contribution is 7.79. The number of thiol groups is 1. The molecule has 2 aromatic heterocycles. The van der Waals surface area contributed by atoms with Crippen LogP contribution in [0.5, 0.6) is 0 Å². The number of rotatable bonds is 7. The van der Waals surface area contributed by atoms with Crippen LogP contribution in [0.3, 0.4) is 0 Å². The Bertz CT molecular complexity index is 2200. The lowest BCUT2D eigenvalue weighted by Gasteiger charge is -2.21. The van der Waals surface area contributed by atoms with Crippen LogP contribution < -0.4 is 16.4 Å². The second-order valence-electron chi connectivity index (χ2n) is 13.0. The number of hydrogen-bond acceptors (Lipinski definition) is 8. The molecule has 1 aliphatic rings. The minimum absolute atomic E-state index is 0.0606. The molecule has 3 aromatic carbocycles. The zero-order valence-electron chi connectivity index (χ0n) is 30.6. The van der Waals surface area contributed by atoms with Crippen molar-refractivity contribution in [2.45, 2.75) is 58.1 Å². The summed E-state index contributed by atoms with van der Waals surface area (Å²) >= 11 is 9.96. The number of benzene rings is 3. The number of aldehydes is 1. The van der Waals surface area contributed by atoms with Gasteiger partial charge in [-0.3, -0.25) is 9.48 Å². The summed E-state index contributed by atoms with van der Waals surface area (Å²) in [7, 11) is 3.53. The van der Waals surface area contributed by atoms with E-state index < -0.39 is 23.3 Å². The van der Waals surface area contributed by atoms with Crippen LogP contribution in [-0.2, 0) is 23.1 Å². The molecule has 0 bridgehead atoms. The summed E-state index contributed by atoms with van der Waals surface area (Å²) in [6.45, 7) is 7.10. The minimum atomic E-state index is -1.20. The maximum Gasteiger partial charge on any atom is 0.232 e. The number of nitrogens with one attached hydrogen (secondary N) is 2. The number of carbonyl (C=O) groups is 2. The average molecular weight is 761 g/mol. The third-order valence-corrected chi connectivity index (χ3v) is 8.95. The monoisotopic (exact) mass is 760 g/mol. The van der Waals surface area contributed by atoms with Crippen LogP contribution in [0.25, 0.3) is 22.0 Å². The number of pyridine rings is 1. The van der Waals surface area contributed by atoms with Gasteiger partial charge in [-0.2, -0.15) is 17.7 Å². The molecule has 1 amide bonds. The van der Waals surface area contributed by atoms with Crippen LogP contribution in [-0.4, -0.2) is 51.0 Å². The van der Waals surface area contributed by atoms with Crippen LogP contribution in [0.15, 0.2) is 54.6 Å². The fourth-order valence-corrected chi connectivity index (χ4v) is 6.54. The molecular formula is C40H43ClF2N6O3S. The van der Waals surface area contributed by atoms with Crippen LogP contribution in [0.4, 0.5) is 20.3 Å². The Balaban J connectivity index is 0.000000306. The maximum atomic E-state index is 13.9. The third-order valence-electron chi connectivity index (χ3n) is 8.63. The number of hydrogen-bond donors (Lipinski definition) is 5. The summed E-state index contributed by atoms with van der Waals surface area (Å²) in [6, 6.07) is 14.2. The molecular weight excluding hydrogens is 718 g/mol. The summed E-state index contributed by atoms with van der Waals surface area (Å²) < 4.78 is 29.5. The molecule has 53 heavy (non-hydrogen) atoms. The molecule has 278 valence electrons. The van der Waals surface area contributed by atoms with Crippen molar-refractivity contribution in [3.05, 3.63) is 105 Å². The predicted molar refractivity (Wildman–Crippen MR) is 211 cm³/mol. The Morgan fingerprint density at radius 2 is 1.74 bits per heavy atom. The van der Waals surface area contributed by atoms with E-state index in [1.165, 1.54) is 12.1 Å². The molecule has 6 rings (SSSR count). The molecule has 5 aromatic rings. The van der Waals surface area contributed by atoms with E-state index in [0.717, 1.165) is 51.4 Å². The second kappa shape index (κ2) is 17.4. The van der Waals surface area contributed by atoms with Crippen molar-refractivity contribution in [3.8, 4) is 23.0 Å². The Kier molecular flexibility index (Phi) is 13.4. The van der Waals surface area contributed by atoms with Crippen molar-refractivity contribution in [3.63, 3.8) is 0 Å². The fraction of sp³-hybridized carbons (Fsp3) is 0.300. The number of nitrogen functional groups attached to an aromatic ring is 1.